The van der Waals surface area contributed by atoms with E-state index in [9.17, 15) is 4.79 Å². The molecule has 1 saturated carbocycles. The Hall–Kier alpha value is -1.73. The molecule has 6 nitrogen and oxygen atoms in total. The van der Waals surface area contributed by atoms with Gasteiger partial charge in [-0.2, -0.15) is 0 Å². The summed E-state index contributed by atoms with van der Waals surface area (Å²) >= 11 is 1.90. The van der Waals surface area contributed by atoms with Crippen molar-refractivity contribution in [2.45, 2.75) is 45.1 Å². The number of aryl methyl sites for hydroxylation is 2. The summed E-state index contributed by atoms with van der Waals surface area (Å²) in [5, 5.41) is 8.59. The molecule has 7 heteroatoms. The fraction of sp³-hybridized carbons (Fsp3) is 0.667. The van der Waals surface area contributed by atoms with E-state index in [0.29, 0.717) is 11.8 Å². The molecular weight excluding hydrogens is 370 g/mol. The highest BCUT2D eigenvalue weighted by atomic mass is 32.1. The predicted molar refractivity (Wildman–Crippen MR) is 109 cm³/mol. The molecule has 3 fully saturated rings. The van der Waals surface area contributed by atoms with Gasteiger partial charge < -0.3 is 9.47 Å². The number of carbonyl (C=O) groups excluding carboxylic acids is 1. The van der Waals surface area contributed by atoms with Gasteiger partial charge in [0.1, 0.15) is 12.2 Å². The second kappa shape index (κ2) is 6.95. The fourth-order valence-electron chi connectivity index (χ4n) is 5.14. The first-order valence-electron chi connectivity index (χ1n) is 10.4. The van der Waals surface area contributed by atoms with Crippen molar-refractivity contribution in [3.8, 4) is 0 Å². The lowest BCUT2D eigenvalue weighted by atomic mass is 9.70. The summed E-state index contributed by atoms with van der Waals surface area (Å²) in [5.74, 6) is 2.01. The molecule has 5 rings (SSSR count). The van der Waals surface area contributed by atoms with Crippen LogP contribution in [0.25, 0.3) is 0 Å². The van der Waals surface area contributed by atoms with Crippen molar-refractivity contribution in [3.63, 3.8) is 0 Å². The maximum atomic E-state index is 12.8. The molecule has 1 unspecified atom stereocenters. The van der Waals surface area contributed by atoms with Gasteiger partial charge in [0, 0.05) is 53.7 Å². The molecule has 150 valence electrons. The average molecular weight is 400 g/mol. The number of likely N-dealkylation sites (tertiary alicyclic amines) is 2. The quantitative estimate of drug-likeness (QED) is 0.793. The Morgan fingerprint density at radius 3 is 2.68 bits per heavy atom. The molecule has 3 aliphatic rings. The lowest BCUT2D eigenvalue weighted by molar-refractivity contribution is -0.132. The zero-order chi connectivity index (χ0) is 19.3. The number of nitrogens with zero attached hydrogens (tertiary/aromatic N) is 5. The van der Waals surface area contributed by atoms with Gasteiger partial charge >= 0.3 is 0 Å². The molecule has 0 bridgehead atoms. The standard InChI is InChI=1S/C21H29N5OS/c1-15-3-6-17(28-15)11-25-9-7-21(8-10-25)13-26(20(27)16-4-5-16)12-18(21)19-23-22-14-24(19)2/h3,6,14,16,18H,4-5,7-13H2,1-2H3. The maximum absolute atomic E-state index is 12.8. The van der Waals surface area contributed by atoms with E-state index in [1.54, 1.807) is 6.33 Å². The minimum Gasteiger partial charge on any atom is -0.341 e. The monoisotopic (exact) mass is 399 g/mol. The summed E-state index contributed by atoms with van der Waals surface area (Å²) in [6.45, 7) is 7.12. The van der Waals surface area contributed by atoms with E-state index in [1.807, 2.05) is 18.4 Å². The fourth-order valence-corrected chi connectivity index (χ4v) is 6.07. The van der Waals surface area contributed by atoms with Crippen LogP contribution in [0.2, 0.25) is 0 Å². The smallest absolute Gasteiger partial charge is 0.225 e. The third-order valence-electron chi connectivity index (χ3n) is 6.97. The summed E-state index contributed by atoms with van der Waals surface area (Å²) in [6.07, 6.45) is 6.20. The second-order valence-electron chi connectivity index (χ2n) is 9.00. The summed E-state index contributed by atoms with van der Waals surface area (Å²) in [5.41, 5.74) is 0.146. The van der Waals surface area contributed by atoms with E-state index in [2.05, 4.69) is 43.6 Å². The van der Waals surface area contributed by atoms with E-state index in [4.69, 9.17) is 0 Å². The topological polar surface area (TPSA) is 54.3 Å². The molecule has 1 amide bonds. The van der Waals surface area contributed by atoms with E-state index in [-0.39, 0.29) is 11.3 Å². The maximum Gasteiger partial charge on any atom is 0.225 e. The van der Waals surface area contributed by atoms with E-state index < -0.39 is 0 Å². The first kappa shape index (κ1) is 18.3. The van der Waals surface area contributed by atoms with Gasteiger partial charge in [-0.3, -0.25) is 9.69 Å². The van der Waals surface area contributed by atoms with Crippen LogP contribution in [0, 0.1) is 18.3 Å². The van der Waals surface area contributed by atoms with Crippen LogP contribution >= 0.6 is 11.3 Å². The third kappa shape index (κ3) is 3.28. The third-order valence-corrected chi connectivity index (χ3v) is 7.96. The molecule has 0 N–H and O–H groups in total. The Bertz CT molecular complexity index is 862. The number of aromatic nitrogens is 3. The van der Waals surface area contributed by atoms with Gasteiger partial charge in [0.25, 0.3) is 0 Å². The SMILES string of the molecule is Cc1ccc(CN2CCC3(CC2)CN(C(=O)C2CC2)CC3c2nncn2C)s1. The summed E-state index contributed by atoms with van der Waals surface area (Å²) in [6, 6.07) is 4.48. The van der Waals surface area contributed by atoms with Crippen LogP contribution in [0.5, 0.6) is 0 Å². The number of carbonyl (C=O) groups is 1. The Kier molecular flexibility index (Phi) is 4.55. The van der Waals surface area contributed by atoms with Gasteiger partial charge in [-0.25, -0.2) is 0 Å². The zero-order valence-electron chi connectivity index (χ0n) is 16.8. The molecule has 0 radical (unpaired) electrons. The molecule has 28 heavy (non-hydrogen) atoms. The number of piperidine rings is 1. The first-order valence-corrected chi connectivity index (χ1v) is 11.3. The molecule has 2 saturated heterocycles. The Morgan fingerprint density at radius 2 is 2.07 bits per heavy atom. The minimum absolute atomic E-state index is 0.146. The molecule has 2 aromatic heterocycles. The highest BCUT2D eigenvalue weighted by Gasteiger charge is 2.52. The van der Waals surface area contributed by atoms with Gasteiger partial charge in [0.05, 0.1) is 0 Å². The summed E-state index contributed by atoms with van der Waals surface area (Å²) in [4.78, 5) is 20.4. The normalized spacial score (nSPS) is 24.9. The number of rotatable bonds is 4. The lowest BCUT2D eigenvalue weighted by Gasteiger charge is -2.42. The molecule has 1 spiro atoms. The lowest BCUT2D eigenvalue weighted by Crippen LogP contribution is -2.44. The number of hydrogen-bond donors (Lipinski definition) is 0. The second-order valence-corrected chi connectivity index (χ2v) is 10.4. The van der Waals surface area contributed by atoms with Crippen molar-refractivity contribution >= 4 is 17.2 Å². The molecular formula is C21H29N5OS. The van der Waals surface area contributed by atoms with Gasteiger partial charge in [-0.15, -0.1) is 21.5 Å². The number of hydrogen-bond acceptors (Lipinski definition) is 5. The van der Waals surface area contributed by atoms with Crippen LogP contribution in [0.3, 0.4) is 0 Å². The summed E-state index contributed by atoms with van der Waals surface area (Å²) in [7, 11) is 2.03. The van der Waals surface area contributed by atoms with Gasteiger partial charge in [-0.1, -0.05) is 0 Å². The number of amides is 1. The molecule has 2 aromatic rings. The van der Waals surface area contributed by atoms with E-state index in [1.165, 1.54) is 9.75 Å². The van der Waals surface area contributed by atoms with Crippen molar-refractivity contribution in [1.29, 1.82) is 0 Å². The zero-order valence-corrected chi connectivity index (χ0v) is 17.6. The van der Waals surface area contributed by atoms with Crippen molar-refractivity contribution < 1.29 is 4.79 Å². The van der Waals surface area contributed by atoms with Crippen molar-refractivity contribution in [3.05, 3.63) is 34.0 Å². The predicted octanol–water partition coefficient (Wildman–Crippen LogP) is 2.80. The largest absolute Gasteiger partial charge is 0.341 e. The van der Waals surface area contributed by atoms with Crippen LogP contribution in [0.1, 0.15) is 47.2 Å². The Balaban J connectivity index is 1.33. The first-order chi connectivity index (χ1) is 13.5. The van der Waals surface area contributed by atoms with Crippen molar-refractivity contribution in [2.24, 2.45) is 18.4 Å². The van der Waals surface area contributed by atoms with Crippen molar-refractivity contribution in [1.82, 2.24) is 24.6 Å². The molecule has 1 atom stereocenters. The van der Waals surface area contributed by atoms with Crippen LogP contribution in [0.4, 0.5) is 0 Å². The van der Waals surface area contributed by atoms with E-state index in [0.717, 1.165) is 64.2 Å². The Morgan fingerprint density at radius 1 is 1.29 bits per heavy atom. The Labute approximate surface area is 170 Å². The van der Waals surface area contributed by atoms with Gasteiger partial charge in [0.2, 0.25) is 5.91 Å². The van der Waals surface area contributed by atoms with Crippen LogP contribution in [0.15, 0.2) is 18.5 Å². The highest BCUT2D eigenvalue weighted by Crippen LogP contribution is 2.50. The molecule has 0 aromatic carbocycles. The molecule has 2 aliphatic heterocycles. The van der Waals surface area contributed by atoms with Gasteiger partial charge in [0.15, 0.2) is 0 Å². The van der Waals surface area contributed by atoms with Gasteiger partial charge in [-0.05, 0) is 57.8 Å². The summed E-state index contributed by atoms with van der Waals surface area (Å²) < 4.78 is 2.05. The van der Waals surface area contributed by atoms with Crippen LogP contribution in [-0.4, -0.2) is 56.7 Å². The van der Waals surface area contributed by atoms with Crippen molar-refractivity contribution in [2.75, 3.05) is 26.2 Å². The van der Waals surface area contributed by atoms with Crippen LogP contribution in [-0.2, 0) is 18.4 Å². The van der Waals surface area contributed by atoms with Crippen LogP contribution < -0.4 is 0 Å². The molecule has 4 heterocycles. The van der Waals surface area contributed by atoms with E-state index >= 15 is 0 Å². The highest BCUT2D eigenvalue weighted by molar-refractivity contribution is 7.11. The minimum atomic E-state index is 0.146. The average Bonchev–Trinajstić information content (AvgIpc) is 3.18. The molecule has 1 aliphatic carbocycles. The number of thiophene rings is 1.